The van der Waals surface area contributed by atoms with Crippen molar-refractivity contribution in [2.75, 3.05) is 19.0 Å². The third kappa shape index (κ3) is 2.37. The van der Waals surface area contributed by atoms with E-state index in [1.807, 2.05) is 6.92 Å². The van der Waals surface area contributed by atoms with Crippen molar-refractivity contribution in [2.45, 2.75) is 30.6 Å². The van der Waals surface area contributed by atoms with Crippen LogP contribution in [0.3, 0.4) is 0 Å². The molecule has 0 radical (unpaired) electrons. The number of hydrogen-bond donors (Lipinski definition) is 1. The maximum absolute atomic E-state index is 9.04. The highest BCUT2D eigenvalue weighted by Gasteiger charge is 2.42. The summed E-state index contributed by atoms with van der Waals surface area (Å²) in [5.74, 6) is 0.994. The Morgan fingerprint density at radius 1 is 1.77 bits per heavy atom. The van der Waals surface area contributed by atoms with Gasteiger partial charge in [0.2, 0.25) is 0 Å². The number of nitriles is 1. The average Bonchev–Trinajstić information content (AvgIpc) is 2.49. The minimum atomic E-state index is -0.597. The fourth-order valence-electron chi connectivity index (χ4n) is 1.41. The highest BCUT2D eigenvalue weighted by Crippen LogP contribution is 2.38. The highest BCUT2D eigenvalue weighted by molar-refractivity contribution is 8.00. The number of aliphatic hydroxyl groups excluding tert-OH is 1. The Bertz CT molecular complexity index is 204. The SMILES string of the molecule is CC1SCCC1(C#N)OCCCO. The van der Waals surface area contributed by atoms with Crippen LogP contribution >= 0.6 is 11.8 Å². The first-order chi connectivity index (χ1) is 6.25. The number of hydrogen-bond acceptors (Lipinski definition) is 4. The van der Waals surface area contributed by atoms with Crippen molar-refractivity contribution in [2.24, 2.45) is 0 Å². The van der Waals surface area contributed by atoms with Crippen molar-refractivity contribution >= 4 is 11.8 Å². The first-order valence-electron chi connectivity index (χ1n) is 4.53. The lowest BCUT2D eigenvalue weighted by atomic mass is 9.99. The van der Waals surface area contributed by atoms with E-state index in [0.717, 1.165) is 12.2 Å². The van der Waals surface area contributed by atoms with Gasteiger partial charge >= 0.3 is 0 Å². The molecule has 0 aromatic carbocycles. The van der Waals surface area contributed by atoms with Crippen LogP contribution in [0.2, 0.25) is 0 Å². The molecule has 2 unspecified atom stereocenters. The zero-order chi connectivity index (χ0) is 9.73. The van der Waals surface area contributed by atoms with Crippen LogP contribution in [0.4, 0.5) is 0 Å². The van der Waals surface area contributed by atoms with E-state index in [1.165, 1.54) is 0 Å². The molecule has 0 aromatic rings. The second kappa shape index (κ2) is 4.85. The maximum Gasteiger partial charge on any atom is 0.166 e. The largest absolute Gasteiger partial charge is 0.396 e. The lowest BCUT2D eigenvalue weighted by Crippen LogP contribution is -2.36. The smallest absolute Gasteiger partial charge is 0.166 e. The van der Waals surface area contributed by atoms with Crippen molar-refractivity contribution in [3.8, 4) is 6.07 Å². The Morgan fingerprint density at radius 3 is 3.00 bits per heavy atom. The van der Waals surface area contributed by atoms with Gasteiger partial charge in [-0.25, -0.2) is 0 Å². The number of rotatable bonds is 4. The van der Waals surface area contributed by atoms with Crippen LogP contribution in [-0.4, -0.2) is 34.9 Å². The maximum atomic E-state index is 9.04. The Balaban J connectivity index is 2.46. The Hall–Kier alpha value is -0.240. The second-order valence-corrected chi connectivity index (χ2v) is 4.64. The van der Waals surface area contributed by atoms with Gasteiger partial charge in [0, 0.05) is 11.9 Å². The molecule has 0 aliphatic carbocycles. The molecule has 74 valence electrons. The molecule has 13 heavy (non-hydrogen) atoms. The molecule has 4 heteroatoms. The van der Waals surface area contributed by atoms with Crippen LogP contribution in [0.1, 0.15) is 19.8 Å². The molecule has 0 saturated carbocycles. The van der Waals surface area contributed by atoms with Gasteiger partial charge in [0.1, 0.15) is 0 Å². The predicted octanol–water partition coefficient (Wildman–Crippen LogP) is 1.17. The summed E-state index contributed by atoms with van der Waals surface area (Å²) in [6.07, 6.45) is 1.42. The monoisotopic (exact) mass is 201 g/mol. The van der Waals surface area contributed by atoms with Gasteiger partial charge in [-0.05, 0) is 25.5 Å². The van der Waals surface area contributed by atoms with E-state index in [0.29, 0.717) is 13.0 Å². The Labute approximate surface area is 83.1 Å². The lowest BCUT2D eigenvalue weighted by molar-refractivity contribution is -0.00415. The summed E-state index contributed by atoms with van der Waals surface area (Å²) in [6.45, 7) is 2.64. The molecule has 0 spiro atoms. The summed E-state index contributed by atoms with van der Waals surface area (Å²) < 4.78 is 5.55. The first-order valence-corrected chi connectivity index (χ1v) is 5.58. The van der Waals surface area contributed by atoms with Crippen molar-refractivity contribution in [1.82, 2.24) is 0 Å². The summed E-state index contributed by atoms with van der Waals surface area (Å²) in [6, 6.07) is 2.26. The molecule has 1 aliphatic rings. The molecule has 1 N–H and O–H groups in total. The van der Waals surface area contributed by atoms with Gasteiger partial charge in [-0.1, -0.05) is 0 Å². The molecular weight excluding hydrogens is 186 g/mol. The van der Waals surface area contributed by atoms with Crippen molar-refractivity contribution < 1.29 is 9.84 Å². The zero-order valence-corrected chi connectivity index (χ0v) is 8.64. The second-order valence-electron chi connectivity index (χ2n) is 3.19. The van der Waals surface area contributed by atoms with Crippen LogP contribution in [0.25, 0.3) is 0 Å². The van der Waals surface area contributed by atoms with Gasteiger partial charge in [-0.3, -0.25) is 0 Å². The normalized spacial score (nSPS) is 33.2. The van der Waals surface area contributed by atoms with Crippen LogP contribution in [0.15, 0.2) is 0 Å². The number of ether oxygens (including phenoxy) is 1. The van der Waals surface area contributed by atoms with Crippen LogP contribution in [-0.2, 0) is 4.74 Å². The molecule has 0 amide bonds. The molecule has 1 saturated heterocycles. The molecule has 0 bridgehead atoms. The summed E-state index contributed by atoms with van der Waals surface area (Å²) in [5.41, 5.74) is -0.597. The van der Waals surface area contributed by atoms with Crippen molar-refractivity contribution in [3.63, 3.8) is 0 Å². The van der Waals surface area contributed by atoms with Gasteiger partial charge in [0.05, 0.1) is 12.7 Å². The van der Waals surface area contributed by atoms with Crippen LogP contribution in [0, 0.1) is 11.3 Å². The summed E-state index contributed by atoms with van der Waals surface area (Å²) in [5, 5.41) is 17.9. The first kappa shape index (κ1) is 10.8. The van der Waals surface area contributed by atoms with E-state index < -0.39 is 5.60 Å². The van der Waals surface area contributed by atoms with Crippen molar-refractivity contribution in [3.05, 3.63) is 0 Å². The van der Waals surface area contributed by atoms with Gasteiger partial charge < -0.3 is 9.84 Å². The third-order valence-corrected chi connectivity index (χ3v) is 3.67. The topological polar surface area (TPSA) is 53.2 Å². The summed E-state index contributed by atoms with van der Waals surface area (Å²) in [4.78, 5) is 0. The van der Waals surface area contributed by atoms with Gasteiger partial charge in [0.25, 0.3) is 0 Å². The zero-order valence-electron chi connectivity index (χ0n) is 7.82. The molecule has 0 aromatic heterocycles. The van der Waals surface area contributed by atoms with E-state index in [2.05, 4.69) is 6.07 Å². The Morgan fingerprint density at radius 2 is 2.54 bits per heavy atom. The molecule has 3 nitrogen and oxygen atoms in total. The lowest BCUT2D eigenvalue weighted by Gasteiger charge is -2.25. The number of nitrogens with zero attached hydrogens (tertiary/aromatic N) is 1. The Kier molecular flexibility index (Phi) is 4.04. The van der Waals surface area contributed by atoms with E-state index in [9.17, 15) is 0 Å². The van der Waals surface area contributed by atoms with Gasteiger partial charge in [0.15, 0.2) is 5.60 Å². The van der Waals surface area contributed by atoms with Gasteiger partial charge in [-0.2, -0.15) is 17.0 Å². The fraction of sp³-hybridized carbons (Fsp3) is 0.889. The number of thioether (sulfide) groups is 1. The highest BCUT2D eigenvalue weighted by atomic mass is 32.2. The average molecular weight is 201 g/mol. The third-order valence-electron chi connectivity index (χ3n) is 2.35. The molecule has 1 heterocycles. The summed E-state index contributed by atoms with van der Waals surface area (Å²) >= 11 is 1.78. The molecule has 1 fully saturated rings. The van der Waals surface area contributed by atoms with E-state index in [1.54, 1.807) is 11.8 Å². The minimum absolute atomic E-state index is 0.128. The minimum Gasteiger partial charge on any atom is -0.396 e. The molecule has 1 rings (SSSR count). The number of aliphatic hydroxyl groups is 1. The quantitative estimate of drug-likeness (QED) is 0.694. The standard InChI is InChI=1S/C9H15NO2S/c1-8-9(7-10,3-6-13-8)12-5-2-4-11/h8,11H,2-6H2,1H3. The van der Waals surface area contributed by atoms with Crippen LogP contribution in [0.5, 0.6) is 0 Å². The van der Waals surface area contributed by atoms with Crippen molar-refractivity contribution in [1.29, 1.82) is 5.26 Å². The van der Waals surface area contributed by atoms with E-state index in [4.69, 9.17) is 15.1 Å². The molecule has 2 atom stereocenters. The van der Waals surface area contributed by atoms with Crippen LogP contribution < -0.4 is 0 Å². The van der Waals surface area contributed by atoms with E-state index in [-0.39, 0.29) is 11.9 Å². The van der Waals surface area contributed by atoms with Gasteiger partial charge in [-0.15, -0.1) is 0 Å². The molecular formula is C9H15NO2S. The fourth-order valence-corrected chi connectivity index (χ4v) is 2.70. The predicted molar refractivity (Wildman–Crippen MR) is 52.5 cm³/mol. The summed E-state index contributed by atoms with van der Waals surface area (Å²) in [7, 11) is 0. The van der Waals surface area contributed by atoms with E-state index >= 15 is 0 Å². The molecule has 1 aliphatic heterocycles.